The molecule has 0 aliphatic heterocycles. The number of hydrazine groups is 1. The fourth-order valence-corrected chi connectivity index (χ4v) is 3.50. The van der Waals surface area contributed by atoms with Gasteiger partial charge in [0.1, 0.15) is 17.8 Å². The van der Waals surface area contributed by atoms with E-state index in [1.54, 1.807) is 0 Å². The van der Waals surface area contributed by atoms with E-state index in [2.05, 4.69) is 10.3 Å². The summed E-state index contributed by atoms with van der Waals surface area (Å²) in [5.41, 5.74) is 14.9. The van der Waals surface area contributed by atoms with Gasteiger partial charge in [0, 0.05) is 38.1 Å². The normalized spacial score (nSPS) is 15.8. The lowest BCUT2D eigenvalue weighted by molar-refractivity contribution is -0.121. The highest BCUT2D eigenvalue weighted by molar-refractivity contribution is 5.98. The minimum atomic E-state index is -0.709. The Bertz CT molecular complexity index is 862. The van der Waals surface area contributed by atoms with Crippen LogP contribution in [0.5, 0.6) is 0 Å². The predicted molar refractivity (Wildman–Crippen MR) is 127 cm³/mol. The third kappa shape index (κ3) is 7.73. The number of hydrogen-bond donors (Lipinski definition) is 4. The molecule has 2 rings (SSSR count). The van der Waals surface area contributed by atoms with Gasteiger partial charge < -0.3 is 31.5 Å². The number of nitrogens with one attached hydrogen (secondary N) is 1. The molecule has 1 aliphatic carbocycles. The van der Waals surface area contributed by atoms with Gasteiger partial charge in [0.15, 0.2) is 0 Å². The summed E-state index contributed by atoms with van der Waals surface area (Å²) >= 11 is 0. The molecule has 7 N–H and O–H groups in total. The standard InChI is InChI=1S/C23H35N7O2/c1-29(2)22(19-10-6-7-11-20(19)24)27-13-12-18(16-31)28-23(32)21(25)15-30(26)14-17-8-4-3-5-9-17/h3-5,8-9,15-16,18H,6-7,10-14,24-26H2,1-2H3,(H,28,32)/b21-15-,27-22?. The first-order chi connectivity index (χ1) is 15.3. The molecule has 0 spiro atoms. The van der Waals surface area contributed by atoms with Gasteiger partial charge in [0.2, 0.25) is 0 Å². The fraction of sp³-hybridized carbons (Fsp3) is 0.435. The maximum absolute atomic E-state index is 12.4. The van der Waals surface area contributed by atoms with Gasteiger partial charge in [0.05, 0.1) is 12.6 Å². The van der Waals surface area contributed by atoms with Crippen LogP contribution >= 0.6 is 0 Å². The Labute approximate surface area is 190 Å². The predicted octanol–water partition coefficient (Wildman–Crippen LogP) is 0.983. The average Bonchev–Trinajstić information content (AvgIpc) is 2.76. The number of benzene rings is 1. The first kappa shape index (κ1) is 24.9. The van der Waals surface area contributed by atoms with E-state index in [9.17, 15) is 9.59 Å². The van der Waals surface area contributed by atoms with E-state index in [1.165, 1.54) is 11.2 Å². The van der Waals surface area contributed by atoms with Crippen LogP contribution in [-0.2, 0) is 16.1 Å². The van der Waals surface area contributed by atoms with Crippen LogP contribution in [0.3, 0.4) is 0 Å². The number of carbonyl (C=O) groups excluding carboxylic acids is 2. The Morgan fingerprint density at radius 2 is 1.91 bits per heavy atom. The van der Waals surface area contributed by atoms with Gasteiger partial charge >= 0.3 is 0 Å². The van der Waals surface area contributed by atoms with Gasteiger partial charge in [0.25, 0.3) is 5.91 Å². The van der Waals surface area contributed by atoms with Crippen LogP contribution in [-0.4, -0.2) is 54.6 Å². The second-order valence-electron chi connectivity index (χ2n) is 8.06. The van der Waals surface area contributed by atoms with Crippen LogP contribution in [0, 0.1) is 0 Å². The molecule has 1 atom stereocenters. The van der Waals surface area contributed by atoms with Crippen LogP contribution in [0.4, 0.5) is 0 Å². The van der Waals surface area contributed by atoms with Crippen molar-refractivity contribution < 1.29 is 9.59 Å². The molecule has 0 bridgehead atoms. The number of carbonyl (C=O) groups is 2. The summed E-state index contributed by atoms with van der Waals surface area (Å²) in [7, 11) is 3.85. The lowest BCUT2D eigenvalue weighted by atomic mass is 9.95. The van der Waals surface area contributed by atoms with Gasteiger partial charge in [-0.3, -0.25) is 9.79 Å². The molecule has 1 aromatic rings. The molecule has 0 aromatic heterocycles. The quantitative estimate of drug-likeness (QED) is 0.106. The Hall–Kier alpha value is -3.33. The second kappa shape index (κ2) is 12.5. The summed E-state index contributed by atoms with van der Waals surface area (Å²) in [5.74, 6) is 6.20. The Kier molecular flexibility index (Phi) is 9.75. The SMILES string of the molecule is CN(C)C(=NCCC(C=O)NC(=O)/C(N)=C/N(N)Cc1ccccc1)C1=C(N)CCCC1. The van der Waals surface area contributed by atoms with Gasteiger partial charge in [-0.15, -0.1) is 0 Å². The topological polar surface area (TPSA) is 143 Å². The van der Waals surface area contributed by atoms with Gasteiger partial charge in [-0.05, 0) is 37.7 Å². The van der Waals surface area contributed by atoms with E-state index in [0.717, 1.165) is 48.4 Å². The highest BCUT2D eigenvalue weighted by Crippen LogP contribution is 2.23. The number of amides is 1. The van der Waals surface area contributed by atoms with Crippen molar-refractivity contribution in [3.05, 3.63) is 59.1 Å². The molecule has 1 unspecified atom stereocenters. The maximum atomic E-state index is 12.4. The lowest BCUT2D eigenvalue weighted by Gasteiger charge is -2.24. The van der Waals surface area contributed by atoms with E-state index >= 15 is 0 Å². The van der Waals surface area contributed by atoms with Crippen molar-refractivity contribution in [3.63, 3.8) is 0 Å². The molecule has 0 radical (unpaired) electrons. The molecule has 32 heavy (non-hydrogen) atoms. The molecule has 0 fully saturated rings. The van der Waals surface area contributed by atoms with Crippen LogP contribution in [0.25, 0.3) is 0 Å². The van der Waals surface area contributed by atoms with E-state index in [0.29, 0.717) is 25.8 Å². The third-order valence-electron chi connectivity index (χ3n) is 5.16. The Balaban J connectivity index is 1.93. The highest BCUT2D eigenvalue weighted by atomic mass is 16.2. The molecule has 1 aromatic carbocycles. The summed E-state index contributed by atoms with van der Waals surface area (Å²) in [5, 5.41) is 3.95. The third-order valence-corrected chi connectivity index (χ3v) is 5.16. The van der Waals surface area contributed by atoms with E-state index in [1.807, 2.05) is 49.3 Å². The van der Waals surface area contributed by atoms with Gasteiger partial charge in [-0.2, -0.15) is 0 Å². The minimum Gasteiger partial charge on any atom is -0.402 e. The molecule has 0 saturated heterocycles. The van der Waals surface area contributed by atoms with Crippen LogP contribution in [0.2, 0.25) is 0 Å². The fourth-order valence-electron chi connectivity index (χ4n) is 3.50. The molecule has 1 aliphatic rings. The first-order valence-electron chi connectivity index (χ1n) is 10.8. The molecule has 9 heteroatoms. The van der Waals surface area contributed by atoms with Crippen LogP contribution in [0.1, 0.15) is 37.7 Å². The van der Waals surface area contributed by atoms with Crippen molar-refractivity contribution in [2.75, 3.05) is 20.6 Å². The number of likely N-dealkylation sites (N-methyl/N-ethyl adjacent to an activating group) is 1. The summed E-state index contributed by atoms with van der Waals surface area (Å²) in [6.45, 7) is 0.765. The average molecular weight is 442 g/mol. The number of allylic oxidation sites excluding steroid dienone is 1. The smallest absolute Gasteiger partial charge is 0.269 e. The van der Waals surface area contributed by atoms with Gasteiger partial charge in [-0.1, -0.05) is 30.3 Å². The van der Waals surface area contributed by atoms with Crippen molar-refractivity contribution in [1.29, 1.82) is 0 Å². The molecule has 0 saturated carbocycles. The largest absolute Gasteiger partial charge is 0.402 e. The number of hydrogen-bond acceptors (Lipinski definition) is 7. The molecule has 9 nitrogen and oxygen atoms in total. The number of nitrogens with zero attached hydrogens (tertiary/aromatic N) is 3. The summed E-state index contributed by atoms with van der Waals surface area (Å²) < 4.78 is 0. The van der Waals surface area contributed by atoms with E-state index < -0.39 is 11.9 Å². The van der Waals surface area contributed by atoms with E-state index in [-0.39, 0.29) is 5.70 Å². The first-order valence-corrected chi connectivity index (χ1v) is 10.8. The zero-order valence-corrected chi connectivity index (χ0v) is 19.0. The number of aldehydes is 1. The van der Waals surface area contributed by atoms with Crippen molar-refractivity contribution in [1.82, 2.24) is 15.2 Å². The van der Waals surface area contributed by atoms with Crippen molar-refractivity contribution in [2.24, 2.45) is 22.3 Å². The monoisotopic (exact) mass is 441 g/mol. The zero-order valence-electron chi connectivity index (χ0n) is 19.0. The minimum absolute atomic E-state index is 0.0760. The summed E-state index contributed by atoms with van der Waals surface area (Å²) in [4.78, 5) is 30.5. The molecular weight excluding hydrogens is 406 g/mol. The number of nitrogens with two attached hydrogens (primary N) is 3. The number of amidine groups is 1. The van der Waals surface area contributed by atoms with Crippen molar-refractivity contribution in [3.8, 4) is 0 Å². The van der Waals surface area contributed by atoms with Crippen molar-refractivity contribution in [2.45, 2.75) is 44.7 Å². The molecular formula is C23H35N7O2. The lowest BCUT2D eigenvalue weighted by Crippen LogP contribution is -2.40. The van der Waals surface area contributed by atoms with Gasteiger partial charge in [-0.25, -0.2) is 5.84 Å². The number of aliphatic imine (C=N–C) groups is 1. The Morgan fingerprint density at radius 3 is 2.53 bits per heavy atom. The molecule has 174 valence electrons. The maximum Gasteiger partial charge on any atom is 0.269 e. The van der Waals surface area contributed by atoms with Crippen LogP contribution in [0.15, 0.2) is 58.5 Å². The number of rotatable bonds is 10. The molecule has 1 amide bonds. The zero-order chi connectivity index (χ0) is 23.5. The second-order valence-corrected chi connectivity index (χ2v) is 8.06. The van der Waals surface area contributed by atoms with E-state index in [4.69, 9.17) is 17.3 Å². The summed E-state index contributed by atoms with van der Waals surface area (Å²) in [6, 6.07) is 8.85. The molecule has 0 heterocycles. The highest BCUT2D eigenvalue weighted by Gasteiger charge is 2.18. The summed E-state index contributed by atoms with van der Waals surface area (Å²) in [6.07, 6.45) is 6.35. The Morgan fingerprint density at radius 1 is 1.22 bits per heavy atom. The van der Waals surface area contributed by atoms with Crippen molar-refractivity contribution >= 4 is 18.0 Å². The van der Waals surface area contributed by atoms with Crippen LogP contribution < -0.4 is 22.6 Å².